The van der Waals surface area contributed by atoms with E-state index in [1.807, 2.05) is 0 Å². The number of piperidine rings is 1. The van der Waals surface area contributed by atoms with Gasteiger partial charge < -0.3 is 15.0 Å². The molecule has 19 heavy (non-hydrogen) atoms. The molecule has 2 heterocycles. The fourth-order valence-electron chi connectivity index (χ4n) is 2.64. The molecule has 1 aromatic heterocycles. The maximum absolute atomic E-state index is 12.0. The maximum Gasteiger partial charge on any atom is 0.258 e. The number of fused-ring (bicyclic) bond motifs is 1. The van der Waals surface area contributed by atoms with Gasteiger partial charge in [0.2, 0.25) is 0 Å². The standard InChI is InChI=1S/C14H17N3O2/c1-17-7-5-9(6-8-17)13-15-12-10(14(19)16-13)3-2-4-11(12)18/h2-4,9,18H,5-8H2,1H3,(H,15,16,19). The number of phenolic OH excluding ortho intramolecular Hbond substituents is 1. The molecule has 3 rings (SSSR count). The smallest absolute Gasteiger partial charge is 0.258 e. The summed E-state index contributed by atoms with van der Waals surface area (Å²) < 4.78 is 0. The van der Waals surface area contributed by atoms with Crippen LogP contribution in [-0.4, -0.2) is 40.1 Å². The number of aromatic nitrogens is 2. The van der Waals surface area contributed by atoms with E-state index >= 15 is 0 Å². The zero-order valence-corrected chi connectivity index (χ0v) is 10.9. The number of H-pyrrole nitrogens is 1. The summed E-state index contributed by atoms with van der Waals surface area (Å²) in [5.74, 6) is 1.04. The van der Waals surface area contributed by atoms with E-state index in [1.165, 1.54) is 0 Å². The number of rotatable bonds is 1. The van der Waals surface area contributed by atoms with Crippen LogP contribution in [0.1, 0.15) is 24.6 Å². The molecule has 5 heteroatoms. The van der Waals surface area contributed by atoms with Crippen LogP contribution in [-0.2, 0) is 0 Å². The van der Waals surface area contributed by atoms with E-state index in [2.05, 4.69) is 21.9 Å². The van der Waals surface area contributed by atoms with Crippen molar-refractivity contribution >= 4 is 10.9 Å². The molecule has 0 aliphatic carbocycles. The topological polar surface area (TPSA) is 69.2 Å². The van der Waals surface area contributed by atoms with Gasteiger partial charge in [0.05, 0.1) is 5.39 Å². The molecule has 1 saturated heterocycles. The molecule has 0 saturated carbocycles. The molecule has 0 radical (unpaired) electrons. The van der Waals surface area contributed by atoms with E-state index in [9.17, 15) is 9.90 Å². The zero-order valence-electron chi connectivity index (χ0n) is 10.9. The molecular weight excluding hydrogens is 242 g/mol. The summed E-state index contributed by atoms with van der Waals surface area (Å²) in [6.07, 6.45) is 1.97. The number of aromatic amines is 1. The van der Waals surface area contributed by atoms with Crippen LogP contribution in [0.2, 0.25) is 0 Å². The van der Waals surface area contributed by atoms with Gasteiger partial charge in [-0.3, -0.25) is 4.79 Å². The van der Waals surface area contributed by atoms with Gasteiger partial charge >= 0.3 is 0 Å². The SMILES string of the molecule is CN1CCC(c2nc3c(O)cccc3c(=O)[nH]2)CC1. The van der Waals surface area contributed by atoms with E-state index in [1.54, 1.807) is 18.2 Å². The predicted molar refractivity (Wildman–Crippen MR) is 73.5 cm³/mol. The summed E-state index contributed by atoms with van der Waals surface area (Å²) in [5.41, 5.74) is 0.231. The highest BCUT2D eigenvalue weighted by atomic mass is 16.3. The Labute approximate surface area is 110 Å². The number of likely N-dealkylation sites (tertiary alicyclic amines) is 1. The lowest BCUT2D eigenvalue weighted by atomic mass is 9.96. The van der Waals surface area contributed by atoms with Crippen LogP contribution in [0.5, 0.6) is 5.75 Å². The first-order chi connectivity index (χ1) is 9.15. The minimum atomic E-state index is -0.171. The van der Waals surface area contributed by atoms with E-state index in [0.717, 1.165) is 25.9 Å². The van der Waals surface area contributed by atoms with Crippen LogP contribution >= 0.6 is 0 Å². The van der Waals surface area contributed by atoms with Crippen LogP contribution in [0.3, 0.4) is 0 Å². The van der Waals surface area contributed by atoms with Crippen molar-refractivity contribution in [1.29, 1.82) is 0 Å². The third-order valence-electron chi connectivity index (χ3n) is 3.84. The van der Waals surface area contributed by atoms with Crippen molar-refractivity contribution in [2.45, 2.75) is 18.8 Å². The molecule has 2 aromatic rings. The lowest BCUT2D eigenvalue weighted by Crippen LogP contribution is -2.30. The quantitative estimate of drug-likeness (QED) is 0.813. The number of hydrogen-bond donors (Lipinski definition) is 2. The Morgan fingerprint density at radius 1 is 1.37 bits per heavy atom. The summed E-state index contributed by atoms with van der Waals surface area (Å²) in [7, 11) is 2.10. The molecule has 0 spiro atoms. The first kappa shape index (κ1) is 12.2. The summed E-state index contributed by atoms with van der Waals surface area (Å²) in [6.45, 7) is 2.01. The number of aromatic hydroxyl groups is 1. The average Bonchev–Trinajstić information content (AvgIpc) is 2.41. The molecule has 1 aliphatic rings. The van der Waals surface area contributed by atoms with Gasteiger partial charge in [-0.15, -0.1) is 0 Å². The van der Waals surface area contributed by atoms with Gasteiger partial charge in [0.1, 0.15) is 17.1 Å². The molecule has 1 fully saturated rings. The molecule has 2 N–H and O–H groups in total. The summed E-state index contributed by atoms with van der Waals surface area (Å²) >= 11 is 0. The third kappa shape index (κ3) is 2.21. The first-order valence-electron chi connectivity index (χ1n) is 6.55. The van der Waals surface area contributed by atoms with Crippen LogP contribution in [0.15, 0.2) is 23.0 Å². The highest BCUT2D eigenvalue weighted by molar-refractivity contribution is 5.83. The Morgan fingerprint density at radius 2 is 2.11 bits per heavy atom. The average molecular weight is 259 g/mol. The number of para-hydroxylation sites is 1. The van der Waals surface area contributed by atoms with Crippen molar-refractivity contribution in [1.82, 2.24) is 14.9 Å². The third-order valence-corrected chi connectivity index (χ3v) is 3.84. The Bertz CT molecular complexity index is 657. The zero-order chi connectivity index (χ0) is 13.4. The number of benzene rings is 1. The largest absolute Gasteiger partial charge is 0.506 e. The van der Waals surface area contributed by atoms with E-state index in [-0.39, 0.29) is 17.2 Å². The van der Waals surface area contributed by atoms with Crippen LogP contribution < -0.4 is 5.56 Å². The molecule has 0 atom stereocenters. The fraction of sp³-hybridized carbons (Fsp3) is 0.429. The fourth-order valence-corrected chi connectivity index (χ4v) is 2.64. The van der Waals surface area contributed by atoms with Crippen LogP contribution in [0, 0.1) is 0 Å². The number of phenols is 1. The Kier molecular flexibility index (Phi) is 2.98. The van der Waals surface area contributed by atoms with Crippen molar-refractivity contribution in [3.05, 3.63) is 34.4 Å². The van der Waals surface area contributed by atoms with Crippen molar-refractivity contribution in [2.75, 3.05) is 20.1 Å². The Morgan fingerprint density at radius 3 is 2.84 bits per heavy atom. The highest BCUT2D eigenvalue weighted by Gasteiger charge is 2.21. The molecule has 0 amide bonds. The van der Waals surface area contributed by atoms with E-state index in [4.69, 9.17) is 0 Å². The molecule has 100 valence electrons. The van der Waals surface area contributed by atoms with E-state index < -0.39 is 0 Å². The van der Waals surface area contributed by atoms with Gasteiger partial charge in [0, 0.05) is 5.92 Å². The predicted octanol–water partition coefficient (Wildman–Crippen LogP) is 1.44. The van der Waals surface area contributed by atoms with Gasteiger partial charge in [-0.2, -0.15) is 0 Å². The van der Waals surface area contributed by atoms with Gasteiger partial charge in [0.25, 0.3) is 5.56 Å². The lowest BCUT2D eigenvalue weighted by molar-refractivity contribution is 0.251. The van der Waals surface area contributed by atoms with Crippen LogP contribution in [0.4, 0.5) is 0 Å². The second-order valence-corrected chi connectivity index (χ2v) is 5.20. The van der Waals surface area contributed by atoms with Crippen molar-refractivity contribution in [3.8, 4) is 5.75 Å². The summed E-state index contributed by atoms with van der Waals surface area (Å²) in [4.78, 5) is 21.6. The molecule has 0 bridgehead atoms. The van der Waals surface area contributed by atoms with Crippen molar-refractivity contribution in [3.63, 3.8) is 0 Å². The normalized spacial score (nSPS) is 17.9. The minimum absolute atomic E-state index is 0.0674. The molecule has 1 aliphatic heterocycles. The van der Waals surface area contributed by atoms with Gasteiger partial charge in [0.15, 0.2) is 0 Å². The van der Waals surface area contributed by atoms with Crippen molar-refractivity contribution < 1.29 is 5.11 Å². The molecule has 1 aromatic carbocycles. The molecule has 5 nitrogen and oxygen atoms in total. The monoisotopic (exact) mass is 259 g/mol. The second-order valence-electron chi connectivity index (χ2n) is 5.20. The van der Waals surface area contributed by atoms with Gasteiger partial charge in [-0.25, -0.2) is 4.98 Å². The van der Waals surface area contributed by atoms with Crippen molar-refractivity contribution in [2.24, 2.45) is 0 Å². The molecular formula is C14H17N3O2. The lowest BCUT2D eigenvalue weighted by Gasteiger charge is -2.28. The number of hydrogen-bond acceptors (Lipinski definition) is 4. The minimum Gasteiger partial charge on any atom is -0.506 e. The molecule has 0 unspecified atom stereocenters. The Balaban J connectivity index is 2.06. The van der Waals surface area contributed by atoms with Gasteiger partial charge in [-0.05, 0) is 45.1 Å². The maximum atomic E-state index is 12.0. The first-order valence-corrected chi connectivity index (χ1v) is 6.55. The Hall–Kier alpha value is -1.88. The second kappa shape index (κ2) is 4.66. The number of nitrogens with zero attached hydrogens (tertiary/aromatic N) is 2. The summed E-state index contributed by atoms with van der Waals surface area (Å²) in [5, 5.41) is 10.3. The van der Waals surface area contributed by atoms with E-state index in [0.29, 0.717) is 16.7 Å². The number of nitrogens with one attached hydrogen (secondary N) is 1. The highest BCUT2D eigenvalue weighted by Crippen LogP contribution is 2.26. The van der Waals surface area contributed by atoms with Crippen LogP contribution in [0.25, 0.3) is 10.9 Å². The van der Waals surface area contributed by atoms with Gasteiger partial charge in [-0.1, -0.05) is 6.07 Å². The summed E-state index contributed by atoms with van der Waals surface area (Å²) in [6, 6.07) is 4.90.